The quantitative estimate of drug-likeness (QED) is 0.182. The Morgan fingerprint density at radius 3 is 2.04 bits per heavy atom. The zero-order chi connectivity index (χ0) is 34.9. The first-order chi connectivity index (χ1) is 26.2. The maximum atomic E-state index is 6.78. The average Bonchev–Trinajstić information content (AvgIpc) is 3.62. The highest BCUT2D eigenvalue weighted by Crippen LogP contribution is 2.42. The zero-order valence-electron chi connectivity index (χ0n) is 28.8. The van der Waals surface area contributed by atoms with Crippen molar-refractivity contribution in [3.05, 3.63) is 193 Å². The van der Waals surface area contributed by atoms with Crippen LogP contribution in [0.4, 0.5) is 0 Å². The van der Waals surface area contributed by atoms with E-state index in [-0.39, 0.29) is 12.3 Å². The number of fused-ring (bicyclic) bond motifs is 8. The minimum atomic E-state index is -0.347. The van der Waals surface area contributed by atoms with Gasteiger partial charge in [-0.3, -0.25) is 5.32 Å². The third-order valence-electron chi connectivity index (χ3n) is 10.9. The predicted molar refractivity (Wildman–Crippen MR) is 220 cm³/mol. The normalized spacial score (nSPS) is 16.1. The third kappa shape index (κ3) is 4.91. The molecule has 1 aromatic heterocycles. The fourth-order valence-corrected chi connectivity index (χ4v) is 8.36. The van der Waals surface area contributed by atoms with Crippen molar-refractivity contribution in [3.63, 3.8) is 0 Å². The van der Waals surface area contributed by atoms with Gasteiger partial charge in [0.05, 0.1) is 0 Å². The zero-order valence-corrected chi connectivity index (χ0v) is 28.8. The molecule has 2 atom stereocenters. The van der Waals surface area contributed by atoms with E-state index in [4.69, 9.17) is 9.41 Å². The van der Waals surface area contributed by atoms with Crippen molar-refractivity contribution in [1.29, 1.82) is 0 Å². The predicted octanol–water partition coefficient (Wildman–Crippen LogP) is 12.2. The first-order valence-corrected chi connectivity index (χ1v) is 18.2. The van der Waals surface area contributed by atoms with E-state index < -0.39 is 0 Å². The largest absolute Gasteiger partial charge is 0.455 e. The molecular weight excluding hydrogens is 647 g/mol. The first-order valence-electron chi connectivity index (χ1n) is 18.2. The number of hydrogen-bond donors (Lipinski definition) is 2. The lowest BCUT2D eigenvalue weighted by atomic mass is 9.95. The van der Waals surface area contributed by atoms with Gasteiger partial charge in [-0.2, -0.15) is 0 Å². The van der Waals surface area contributed by atoms with Crippen LogP contribution >= 0.6 is 0 Å². The Labute approximate surface area is 306 Å². The lowest BCUT2D eigenvalue weighted by Gasteiger charge is -2.32. The number of rotatable bonds is 4. The fourth-order valence-electron chi connectivity index (χ4n) is 8.36. The molecule has 11 rings (SSSR count). The van der Waals surface area contributed by atoms with Crippen LogP contribution in [0.5, 0.6) is 0 Å². The lowest BCUT2D eigenvalue weighted by Crippen LogP contribution is -2.45. The highest BCUT2D eigenvalue weighted by molar-refractivity contribution is 6.14. The molecule has 2 heterocycles. The monoisotopic (exact) mass is 679 g/mol. The molecule has 0 fully saturated rings. The van der Waals surface area contributed by atoms with Crippen LogP contribution in [0.3, 0.4) is 0 Å². The van der Waals surface area contributed by atoms with Gasteiger partial charge in [-0.05, 0) is 72.4 Å². The molecule has 1 aliphatic heterocycles. The summed E-state index contributed by atoms with van der Waals surface area (Å²) >= 11 is 0. The van der Waals surface area contributed by atoms with Gasteiger partial charge in [0.2, 0.25) is 0 Å². The van der Waals surface area contributed by atoms with E-state index >= 15 is 0 Å². The molecule has 0 amide bonds. The van der Waals surface area contributed by atoms with Gasteiger partial charge >= 0.3 is 0 Å². The van der Waals surface area contributed by atoms with Crippen molar-refractivity contribution in [1.82, 2.24) is 10.6 Å². The SMILES string of the molecule is c1ccc2cc(C3NC(c4ccc5c(ccc6ccccc65)c4)=NC(c4cccc5oc6c(-c7cccc8ccccc78)cccc6c45)N3)ccc2c1. The molecule has 2 N–H and O–H groups in total. The van der Waals surface area contributed by atoms with Gasteiger partial charge in [-0.25, -0.2) is 4.99 Å². The molecule has 250 valence electrons. The number of furan rings is 1. The van der Waals surface area contributed by atoms with Gasteiger partial charge in [0.1, 0.15) is 29.3 Å². The number of benzene rings is 9. The van der Waals surface area contributed by atoms with Crippen LogP contribution in [0.15, 0.2) is 185 Å². The van der Waals surface area contributed by atoms with Gasteiger partial charge in [-0.15, -0.1) is 0 Å². The van der Waals surface area contributed by atoms with Crippen molar-refractivity contribution in [2.75, 3.05) is 0 Å². The number of para-hydroxylation sites is 1. The highest BCUT2D eigenvalue weighted by Gasteiger charge is 2.28. The van der Waals surface area contributed by atoms with Gasteiger partial charge in [0.15, 0.2) is 0 Å². The van der Waals surface area contributed by atoms with Gasteiger partial charge in [0, 0.05) is 27.5 Å². The number of hydrogen-bond acceptors (Lipinski definition) is 4. The third-order valence-corrected chi connectivity index (χ3v) is 10.9. The van der Waals surface area contributed by atoms with E-state index in [1.165, 1.54) is 43.1 Å². The minimum absolute atomic E-state index is 0.191. The van der Waals surface area contributed by atoms with Crippen LogP contribution in [-0.4, -0.2) is 5.84 Å². The van der Waals surface area contributed by atoms with Crippen LogP contribution in [-0.2, 0) is 0 Å². The van der Waals surface area contributed by atoms with Crippen molar-refractivity contribution in [2.24, 2.45) is 4.99 Å². The second-order valence-electron chi connectivity index (χ2n) is 14.0. The summed E-state index contributed by atoms with van der Waals surface area (Å²) < 4.78 is 6.78. The Kier molecular flexibility index (Phi) is 6.73. The van der Waals surface area contributed by atoms with Gasteiger partial charge in [-0.1, -0.05) is 158 Å². The fraction of sp³-hybridized carbons (Fsp3) is 0.0408. The number of aliphatic imine (C=N–C) groups is 1. The van der Waals surface area contributed by atoms with Crippen LogP contribution in [0.2, 0.25) is 0 Å². The molecule has 4 heteroatoms. The van der Waals surface area contributed by atoms with Crippen molar-refractivity contribution in [2.45, 2.75) is 12.3 Å². The molecule has 4 nitrogen and oxygen atoms in total. The van der Waals surface area contributed by atoms with E-state index in [2.05, 4.69) is 187 Å². The van der Waals surface area contributed by atoms with Crippen LogP contribution in [0.25, 0.3) is 76.2 Å². The summed E-state index contributed by atoms with van der Waals surface area (Å²) in [6, 6.07) is 62.8. The number of nitrogens with one attached hydrogen (secondary N) is 2. The molecule has 0 radical (unpaired) electrons. The van der Waals surface area contributed by atoms with Crippen molar-refractivity contribution in [3.8, 4) is 11.1 Å². The molecule has 0 spiro atoms. The van der Waals surface area contributed by atoms with E-state index in [9.17, 15) is 0 Å². The second kappa shape index (κ2) is 11.9. The lowest BCUT2D eigenvalue weighted by molar-refractivity contribution is 0.411. The van der Waals surface area contributed by atoms with E-state index in [0.717, 1.165) is 55.6 Å². The smallest absolute Gasteiger partial charge is 0.143 e. The Morgan fingerprint density at radius 1 is 0.472 bits per heavy atom. The van der Waals surface area contributed by atoms with Crippen LogP contribution in [0, 0.1) is 0 Å². The van der Waals surface area contributed by atoms with E-state index in [1.807, 2.05) is 0 Å². The summed E-state index contributed by atoms with van der Waals surface area (Å²) in [4.78, 5) is 5.44. The summed E-state index contributed by atoms with van der Waals surface area (Å²) in [5.74, 6) is 0.850. The minimum Gasteiger partial charge on any atom is -0.455 e. The highest BCUT2D eigenvalue weighted by atomic mass is 16.3. The molecule has 0 saturated carbocycles. The Morgan fingerprint density at radius 2 is 1.13 bits per heavy atom. The Balaban J connectivity index is 1.09. The van der Waals surface area contributed by atoms with Crippen molar-refractivity contribution < 1.29 is 4.42 Å². The molecule has 10 aromatic rings. The molecule has 0 saturated heterocycles. The Hall–Kier alpha value is -6.75. The van der Waals surface area contributed by atoms with Crippen LogP contribution in [0.1, 0.15) is 29.0 Å². The van der Waals surface area contributed by atoms with E-state index in [0.29, 0.717) is 0 Å². The molecule has 0 bridgehead atoms. The summed E-state index contributed by atoms with van der Waals surface area (Å²) in [6.07, 6.45) is -0.537. The summed E-state index contributed by atoms with van der Waals surface area (Å²) in [5, 5.41) is 19.6. The molecule has 53 heavy (non-hydrogen) atoms. The first kappa shape index (κ1) is 29.9. The topological polar surface area (TPSA) is 49.6 Å². The second-order valence-corrected chi connectivity index (χ2v) is 14.0. The molecule has 9 aromatic carbocycles. The summed E-state index contributed by atoms with van der Waals surface area (Å²) in [5.41, 5.74) is 7.26. The van der Waals surface area contributed by atoms with Crippen LogP contribution < -0.4 is 10.6 Å². The van der Waals surface area contributed by atoms with E-state index in [1.54, 1.807) is 0 Å². The number of amidine groups is 1. The summed E-state index contributed by atoms with van der Waals surface area (Å²) in [6.45, 7) is 0. The molecule has 2 unspecified atom stereocenters. The summed E-state index contributed by atoms with van der Waals surface area (Å²) in [7, 11) is 0. The van der Waals surface area contributed by atoms with Gasteiger partial charge in [0.25, 0.3) is 0 Å². The van der Waals surface area contributed by atoms with Crippen molar-refractivity contribution >= 4 is 70.9 Å². The molecular formula is C49H33N3O. The number of nitrogens with zero attached hydrogens (tertiary/aromatic N) is 1. The Bertz CT molecular complexity index is 3100. The maximum absolute atomic E-state index is 6.78. The average molecular weight is 680 g/mol. The standard InChI is InChI=1S/C49H33N3O/c1-2-13-33-28-35(25-22-30(33)10-1)47-50-48(36-26-27-39-34(29-36)24-23-32-12-4-5-15-37(32)39)52-49(51-47)43-20-9-21-44-45(43)42-19-8-18-41(46(42)53-44)40-17-7-14-31-11-3-6-16-38(31)40/h1-29,47,49,51H,(H,50,52). The van der Waals surface area contributed by atoms with Gasteiger partial charge < -0.3 is 9.73 Å². The maximum Gasteiger partial charge on any atom is 0.143 e. The molecule has 0 aliphatic carbocycles. The molecule has 1 aliphatic rings.